The van der Waals surface area contributed by atoms with Gasteiger partial charge in [-0.2, -0.15) is 0 Å². The second kappa shape index (κ2) is 4.63. The van der Waals surface area contributed by atoms with Crippen LogP contribution >= 0.6 is 0 Å². The number of likely N-dealkylation sites (tertiary alicyclic amines) is 1. The second-order valence-electron chi connectivity index (χ2n) is 5.11. The summed E-state index contributed by atoms with van der Waals surface area (Å²) in [6, 6.07) is 0. The minimum absolute atomic E-state index is 0.0321. The molecule has 1 aliphatic heterocycles. The highest BCUT2D eigenvalue weighted by atomic mass is 16.3. The van der Waals surface area contributed by atoms with E-state index < -0.39 is 0 Å². The van der Waals surface area contributed by atoms with Crippen molar-refractivity contribution in [2.75, 3.05) is 19.6 Å². The largest absolute Gasteiger partial charge is 0.392 e. The van der Waals surface area contributed by atoms with Gasteiger partial charge in [-0.15, -0.1) is 0 Å². The fourth-order valence-electron chi connectivity index (χ4n) is 2.62. The lowest BCUT2D eigenvalue weighted by atomic mass is 10.0. The Morgan fingerprint density at radius 1 is 1.36 bits per heavy atom. The summed E-state index contributed by atoms with van der Waals surface area (Å²) in [4.78, 5) is 2.46. The van der Waals surface area contributed by atoms with Crippen molar-refractivity contribution in [2.45, 2.75) is 45.1 Å². The summed E-state index contributed by atoms with van der Waals surface area (Å²) < 4.78 is 0. The zero-order chi connectivity index (χ0) is 9.97. The van der Waals surface area contributed by atoms with E-state index in [0.29, 0.717) is 5.92 Å². The van der Waals surface area contributed by atoms with Gasteiger partial charge in [-0.3, -0.25) is 0 Å². The van der Waals surface area contributed by atoms with Crippen molar-refractivity contribution < 1.29 is 5.11 Å². The molecule has 0 aromatic heterocycles. The van der Waals surface area contributed by atoms with Crippen molar-refractivity contribution >= 4 is 0 Å². The molecular formula is C12H23NO. The average molecular weight is 197 g/mol. The summed E-state index contributed by atoms with van der Waals surface area (Å²) in [5.74, 6) is 1.55. The van der Waals surface area contributed by atoms with Crippen LogP contribution in [0.2, 0.25) is 0 Å². The van der Waals surface area contributed by atoms with E-state index in [0.717, 1.165) is 12.5 Å². The van der Waals surface area contributed by atoms with E-state index in [4.69, 9.17) is 0 Å². The Balaban J connectivity index is 1.67. The van der Waals surface area contributed by atoms with Crippen LogP contribution < -0.4 is 0 Å². The van der Waals surface area contributed by atoms with Gasteiger partial charge in [0.15, 0.2) is 0 Å². The average Bonchev–Trinajstić information content (AvgIpc) is 2.92. The minimum Gasteiger partial charge on any atom is -0.392 e. The van der Waals surface area contributed by atoms with Crippen LogP contribution in [-0.2, 0) is 0 Å². The molecule has 1 saturated carbocycles. The highest BCUT2D eigenvalue weighted by Gasteiger charge is 2.32. The zero-order valence-electron chi connectivity index (χ0n) is 9.28. The first-order valence-electron chi connectivity index (χ1n) is 6.20. The van der Waals surface area contributed by atoms with Gasteiger partial charge in [-0.25, -0.2) is 0 Å². The fourth-order valence-corrected chi connectivity index (χ4v) is 2.62. The number of aliphatic hydroxyl groups excluding tert-OH is 1. The highest BCUT2D eigenvalue weighted by Crippen LogP contribution is 2.33. The molecular weight excluding hydrogens is 174 g/mol. The summed E-state index contributed by atoms with van der Waals surface area (Å²) in [6.45, 7) is 5.65. The molecule has 2 rings (SSSR count). The van der Waals surface area contributed by atoms with Crippen molar-refractivity contribution in [3.05, 3.63) is 0 Å². The molecule has 2 heteroatoms. The van der Waals surface area contributed by atoms with Gasteiger partial charge in [0.25, 0.3) is 0 Å². The van der Waals surface area contributed by atoms with Gasteiger partial charge in [0.1, 0.15) is 0 Å². The van der Waals surface area contributed by atoms with Crippen LogP contribution in [0.3, 0.4) is 0 Å². The normalized spacial score (nSPS) is 30.9. The molecule has 82 valence electrons. The molecule has 1 heterocycles. The minimum atomic E-state index is -0.0321. The number of hydrogen-bond acceptors (Lipinski definition) is 2. The number of β-amino-alcohol motifs (C(OH)–C–C–N with tert-alkyl or cyclic N) is 1. The van der Waals surface area contributed by atoms with Crippen molar-refractivity contribution in [1.29, 1.82) is 0 Å². The van der Waals surface area contributed by atoms with E-state index in [1.807, 2.05) is 0 Å². The lowest BCUT2D eigenvalue weighted by Crippen LogP contribution is -2.31. The Morgan fingerprint density at radius 2 is 2.14 bits per heavy atom. The molecule has 0 amide bonds. The molecule has 14 heavy (non-hydrogen) atoms. The molecule has 1 aliphatic carbocycles. The van der Waals surface area contributed by atoms with E-state index >= 15 is 0 Å². The van der Waals surface area contributed by atoms with Gasteiger partial charge < -0.3 is 10.0 Å². The van der Waals surface area contributed by atoms with Gasteiger partial charge >= 0.3 is 0 Å². The Morgan fingerprint density at radius 3 is 2.79 bits per heavy atom. The van der Waals surface area contributed by atoms with Gasteiger partial charge in [-0.05, 0) is 44.1 Å². The van der Waals surface area contributed by atoms with Crippen molar-refractivity contribution in [1.82, 2.24) is 4.90 Å². The molecule has 0 aromatic carbocycles. The van der Waals surface area contributed by atoms with Gasteiger partial charge in [0.05, 0.1) is 6.10 Å². The maximum Gasteiger partial charge on any atom is 0.0695 e. The molecule has 2 nitrogen and oxygen atoms in total. The monoisotopic (exact) mass is 197 g/mol. The van der Waals surface area contributed by atoms with Crippen molar-refractivity contribution in [3.8, 4) is 0 Å². The third kappa shape index (κ3) is 2.71. The highest BCUT2D eigenvalue weighted by molar-refractivity contribution is 4.85. The lowest BCUT2D eigenvalue weighted by Gasteiger charge is -2.19. The standard InChI is InChI=1S/C12H23NO/c1-2-3-10-6-7-13(8-10)9-12(14)11-4-5-11/h10-12,14H,2-9H2,1H3. The third-order valence-electron chi connectivity index (χ3n) is 3.68. The zero-order valence-corrected chi connectivity index (χ0v) is 9.28. The summed E-state index contributed by atoms with van der Waals surface area (Å²) in [7, 11) is 0. The molecule has 1 N–H and O–H groups in total. The summed E-state index contributed by atoms with van der Waals surface area (Å²) >= 11 is 0. The smallest absolute Gasteiger partial charge is 0.0695 e. The summed E-state index contributed by atoms with van der Waals surface area (Å²) in [6.07, 6.45) is 6.52. The number of nitrogens with zero attached hydrogens (tertiary/aromatic N) is 1. The second-order valence-corrected chi connectivity index (χ2v) is 5.11. The maximum atomic E-state index is 9.82. The molecule has 2 atom stereocenters. The van der Waals surface area contributed by atoms with Gasteiger partial charge in [-0.1, -0.05) is 13.3 Å². The van der Waals surface area contributed by atoms with Crippen LogP contribution in [0.15, 0.2) is 0 Å². The summed E-state index contributed by atoms with van der Waals surface area (Å²) in [5, 5.41) is 9.82. The van der Waals surface area contributed by atoms with Crippen LogP contribution in [0.25, 0.3) is 0 Å². The lowest BCUT2D eigenvalue weighted by molar-refractivity contribution is 0.104. The van der Waals surface area contributed by atoms with Crippen LogP contribution in [0.4, 0.5) is 0 Å². The van der Waals surface area contributed by atoms with Crippen LogP contribution in [0.1, 0.15) is 39.0 Å². The quantitative estimate of drug-likeness (QED) is 0.727. The molecule has 2 aliphatic rings. The topological polar surface area (TPSA) is 23.5 Å². The van der Waals surface area contributed by atoms with E-state index in [1.54, 1.807) is 0 Å². The SMILES string of the molecule is CCCC1CCN(CC(O)C2CC2)C1. The van der Waals surface area contributed by atoms with Gasteiger partial charge in [0, 0.05) is 13.1 Å². The van der Waals surface area contributed by atoms with Crippen LogP contribution in [0, 0.1) is 11.8 Å². The van der Waals surface area contributed by atoms with E-state index in [2.05, 4.69) is 11.8 Å². The van der Waals surface area contributed by atoms with Crippen LogP contribution in [0.5, 0.6) is 0 Å². The van der Waals surface area contributed by atoms with E-state index in [9.17, 15) is 5.11 Å². The Bertz CT molecular complexity index is 179. The molecule has 2 unspecified atom stereocenters. The van der Waals surface area contributed by atoms with Crippen molar-refractivity contribution in [3.63, 3.8) is 0 Å². The summed E-state index contributed by atoms with van der Waals surface area (Å²) in [5.41, 5.74) is 0. The fraction of sp³-hybridized carbons (Fsp3) is 1.00. The maximum absolute atomic E-state index is 9.82. The Labute approximate surface area is 87.3 Å². The molecule has 0 aromatic rings. The van der Waals surface area contributed by atoms with Gasteiger partial charge in [0.2, 0.25) is 0 Å². The molecule has 0 spiro atoms. The van der Waals surface area contributed by atoms with Crippen molar-refractivity contribution in [2.24, 2.45) is 11.8 Å². The van der Waals surface area contributed by atoms with Crippen LogP contribution in [-0.4, -0.2) is 35.7 Å². The van der Waals surface area contributed by atoms with E-state index in [1.165, 1.54) is 45.2 Å². The number of hydrogen-bond donors (Lipinski definition) is 1. The molecule has 0 radical (unpaired) electrons. The molecule has 2 fully saturated rings. The Hall–Kier alpha value is -0.0800. The Kier molecular flexibility index (Phi) is 3.45. The molecule has 1 saturated heterocycles. The first kappa shape index (κ1) is 10.4. The van der Waals surface area contributed by atoms with E-state index in [-0.39, 0.29) is 6.10 Å². The third-order valence-corrected chi connectivity index (χ3v) is 3.68. The predicted molar refractivity (Wildman–Crippen MR) is 58.2 cm³/mol. The number of rotatable bonds is 5. The first-order valence-corrected chi connectivity index (χ1v) is 6.20. The number of aliphatic hydroxyl groups is 1. The first-order chi connectivity index (χ1) is 6.79. The predicted octanol–water partition coefficient (Wildman–Crippen LogP) is 1.88. The molecule has 0 bridgehead atoms.